The molecule has 8 nitrogen and oxygen atoms in total. The molecule has 0 aliphatic carbocycles. The molecule has 0 aliphatic rings. The lowest BCUT2D eigenvalue weighted by molar-refractivity contribution is -0.384. The first-order chi connectivity index (χ1) is 12.5. The van der Waals surface area contributed by atoms with Gasteiger partial charge in [-0.1, -0.05) is 30.3 Å². The van der Waals surface area contributed by atoms with Crippen LogP contribution in [-0.2, 0) is 11.3 Å². The summed E-state index contributed by atoms with van der Waals surface area (Å²) in [6.07, 6.45) is -0.802. The fraction of sp³-hybridized carbons (Fsp3) is 0.278. The van der Waals surface area contributed by atoms with Gasteiger partial charge in [0.05, 0.1) is 24.2 Å². The lowest BCUT2D eigenvalue weighted by Gasteiger charge is -2.13. The Labute approximate surface area is 150 Å². The summed E-state index contributed by atoms with van der Waals surface area (Å²) in [4.78, 5) is 22.7. The third-order valence-electron chi connectivity index (χ3n) is 3.31. The molecule has 138 valence electrons. The van der Waals surface area contributed by atoms with Gasteiger partial charge in [0, 0.05) is 6.07 Å². The van der Waals surface area contributed by atoms with Gasteiger partial charge in [0.15, 0.2) is 11.5 Å². The van der Waals surface area contributed by atoms with Crippen molar-refractivity contribution < 1.29 is 23.9 Å². The number of hydrogen-bond acceptors (Lipinski definition) is 6. The van der Waals surface area contributed by atoms with Gasteiger partial charge in [-0.05, 0) is 19.4 Å². The number of anilines is 1. The Hall–Kier alpha value is -3.29. The van der Waals surface area contributed by atoms with Gasteiger partial charge >= 0.3 is 6.09 Å². The molecule has 0 fully saturated rings. The van der Waals surface area contributed by atoms with Crippen LogP contribution >= 0.6 is 0 Å². The zero-order valence-electron chi connectivity index (χ0n) is 14.6. The fourth-order valence-corrected chi connectivity index (χ4v) is 2.21. The summed E-state index contributed by atoms with van der Waals surface area (Å²) >= 11 is 0. The van der Waals surface area contributed by atoms with Crippen LogP contribution in [0.5, 0.6) is 11.5 Å². The van der Waals surface area contributed by atoms with Crippen molar-refractivity contribution in [3.8, 4) is 11.5 Å². The summed E-state index contributed by atoms with van der Waals surface area (Å²) in [5, 5.41) is 13.7. The van der Waals surface area contributed by atoms with Crippen LogP contribution in [0.2, 0.25) is 0 Å². The summed E-state index contributed by atoms with van der Waals surface area (Å²) < 4.78 is 15.9. The highest BCUT2D eigenvalue weighted by Gasteiger charge is 2.22. The second-order valence-corrected chi connectivity index (χ2v) is 5.13. The predicted molar refractivity (Wildman–Crippen MR) is 95.7 cm³/mol. The van der Waals surface area contributed by atoms with Crippen molar-refractivity contribution in [2.75, 3.05) is 18.5 Å². The van der Waals surface area contributed by atoms with Gasteiger partial charge in [0.25, 0.3) is 5.69 Å². The van der Waals surface area contributed by atoms with Gasteiger partial charge in [0.1, 0.15) is 12.3 Å². The smallest absolute Gasteiger partial charge is 0.412 e. The van der Waals surface area contributed by atoms with E-state index >= 15 is 0 Å². The van der Waals surface area contributed by atoms with Crippen LogP contribution in [-0.4, -0.2) is 24.2 Å². The number of ether oxygens (including phenoxy) is 3. The second-order valence-electron chi connectivity index (χ2n) is 5.13. The second kappa shape index (κ2) is 9.26. The molecule has 0 saturated heterocycles. The van der Waals surface area contributed by atoms with E-state index in [0.717, 1.165) is 5.56 Å². The monoisotopic (exact) mass is 360 g/mol. The quantitative estimate of drug-likeness (QED) is 0.561. The third-order valence-corrected chi connectivity index (χ3v) is 3.31. The number of carbonyl (C=O) groups excluding carboxylic acids is 1. The average Bonchev–Trinajstić information content (AvgIpc) is 2.63. The van der Waals surface area contributed by atoms with Gasteiger partial charge in [-0.15, -0.1) is 0 Å². The van der Waals surface area contributed by atoms with Gasteiger partial charge in [-0.3, -0.25) is 15.4 Å². The Kier molecular flexibility index (Phi) is 6.78. The van der Waals surface area contributed by atoms with Crippen LogP contribution in [0.1, 0.15) is 19.4 Å². The Morgan fingerprint density at radius 2 is 1.69 bits per heavy atom. The number of hydrogen-bond donors (Lipinski definition) is 1. The fourth-order valence-electron chi connectivity index (χ4n) is 2.21. The van der Waals surface area contributed by atoms with Crippen LogP contribution in [0.15, 0.2) is 42.5 Å². The highest BCUT2D eigenvalue weighted by Crippen LogP contribution is 2.38. The predicted octanol–water partition coefficient (Wildman–Crippen LogP) is 4.14. The molecule has 0 unspecified atom stereocenters. The van der Waals surface area contributed by atoms with E-state index in [1.807, 2.05) is 18.2 Å². The maximum absolute atomic E-state index is 12.0. The number of nitrogens with zero attached hydrogens (tertiary/aromatic N) is 1. The molecule has 0 aromatic heterocycles. The van der Waals surface area contributed by atoms with Crippen LogP contribution in [0.25, 0.3) is 0 Å². The number of carbonyl (C=O) groups is 1. The Morgan fingerprint density at radius 3 is 2.27 bits per heavy atom. The molecular formula is C18H20N2O6. The number of rotatable bonds is 8. The molecule has 0 spiro atoms. The lowest BCUT2D eigenvalue weighted by Crippen LogP contribution is -2.15. The lowest BCUT2D eigenvalue weighted by atomic mass is 10.2. The SMILES string of the molecule is CCOc1cc(NC(=O)OCc2ccccc2)c([N+](=O)[O-])cc1OCC. The van der Waals surface area contributed by atoms with E-state index in [4.69, 9.17) is 14.2 Å². The summed E-state index contributed by atoms with van der Waals surface area (Å²) in [5.74, 6) is 0.544. The molecule has 2 aromatic carbocycles. The van der Waals surface area contributed by atoms with Crippen LogP contribution in [0.3, 0.4) is 0 Å². The normalized spacial score (nSPS) is 10.1. The largest absolute Gasteiger partial charge is 0.490 e. The summed E-state index contributed by atoms with van der Waals surface area (Å²) in [6, 6.07) is 11.7. The zero-order valence-corrected chi connectivity index (χ0v) is 14.6. The molecule has 1 amide bonds. The first-order valence-corrected chi connectivity index (χ1v) is 8.10. The number of amides is 1. The van der Waals surface area contributed by atoms with Gasteiger partial charge in [-0.2, -0.15) is 0 Å². The van der Waals surface area contributed by atoms with E-state index in [0.29, 0.717) is 19.0 Å². The Balaban J connectivity index is 2.18. The molecule has 1 N–H and O–H groups in total. The van der Waals surface area contributed by atoms with Crippen molar-refractivity contribution in [3.05, 3.63) is 58.1 Å². The maximum Gasteiger partial charge on any atom is 0.412 e. The van der Waals surface area contributed by atoms with Crippen molar-refractivity contribution in [2.45, 2.75) is 20.5 Å². The molecule has 0 aliphatic heterocycles. The first-order valence-electron chi connectivity index (χ1n) is 8.10. The van der Waals surface area contributed by atoms with Gasteiger partial charge < -0.3 is 14.2 Å². The minimum absolute atomic E-state index is 0.0278. The number of nitro benzene ring substituents is 1. The van der Waals surface area contributed by atoms with Crippen LogP contribution < -0.4 is 14.8 Å². The van der Waals surface area contributed by atoms with Crippen molar-refractivity contribution in [3.63, 3.8) is 0 Å². The molecule has 0 heterocycles. The summed E-state index contributed by atoms with van der Waals surface area (Å²) in [7, 11) is 0. The highest BCUT2D eigenvalue weighted by atomic mass is 16.6. The molecular weight excluding hydrogens is 340 g/mol. The van der Waals surface area contributed by atoms with Crippen molar-refractivity contribution in [1.82, 2.24) is 0 Å². The summed E-state index contributed by atoms with van der Waals surface area (Å²) in [6.45, 7) is 4.25. The highest BCUT2D eigenvalue weighted by molar-refractivity contribution is 5.89. The topological polar surface area (TPSA) is 99.9 Å². The molecule has 0 bridgehead atoms. The molecule has 0 saturated carbocycles. The van der Waals surface area contributed by atoms with Crippen molar-refractivity contribution >= 4 is 17.5 Å². The van der Waals surface area contributed by atoms with E-state index in [9.17, 15) is 14.9 Å². The standard InChI is InChI=1S/C18H20N2O6/c1-3-24-16-10-14(15(20(22)23)11-17(16)25-4-2)19-18(21)26-12-13-8-6-5-7-9-13/h5-11H,3-4,12H2,1-2H3,(H,19,21). The van der Waals surface area contributed by atoms with Crippen LogP contribution in [0.4, 0.5) is 16.2 Å². The number of nitrogens with one attached hydrogen (secondary N) is 1. The molecule has 2 rings (SSSR count). The molecule has 0 radical (unpaired) electrons. The molecule has 2 aromatic rings. The minimum Gasteiger partial charge on any atom is -0.490 e. The van der Waals surface area contributed by atoms with Crippen LogP contribution in [0, 0.1) is 10.1 Å². The number of benzene rings is 2. The van der Waals surface area contributed by atoms with E-state index < -0.39 is 11.0 Å². The Bertz CT molecular complexity index is 764. The number of nitro groups is 1. The van der Waals surface area contributed by atoms with Crippen molar-refractivity contribution in [2.24, 2.45) is 0 Å². The minimum atomic E-state index is -0.802. The summed E-state index contributed by atoms with van der Waals surface area (Å²) in [5.41, 5.74) is 0.465. The van der Waals surface area contributed by atoms with Crippen molar-refractivity contribution in [1.29, 1.82) is 0 Å². The third kappa shape index (κ3) is 5.10. The first kappa shape index (κ1) is 19.0. The molecule has 26 heavy (non-hydrogen) atoms. The van der Waals surface area contributed by atoms with E-state index in [-0.39, 0.29) is 23.7 Å². The zero-order chi connectivity index (χ0) is 18.9. The van der Waals surface area contributed by atoms with E-state index in [2.05, 4.69) is 5.32 Å². The van der Waals surface area contributed by atoms with E-state index in [1.54, 1.807) is 26.0 Å². The van der Waals surface area contributed by atoms with E-state index in [1.165, 1.54) is 12.1 Å². The molecule has 0 atom stereocenters. The molecule has 8 heteroatoms. The Morgan fingerprint density at radius 1 is 1.08 bits per heavy atom. The average molecular weight is 360 g/mol. The van der Waals surface area contributed by atoms with Gasteiger partial charge in [0.2, 0.25) is 0 Å². The van der Waals surface area contributed by atoms with Gasteiger partial charge in [-0.25, -0.2) is 4.79 Å². The maximum atomic E-state index is 12.0.